The molecule has 2 aromatic heterocycles. The Morgan fingerprint density at radius 2 is 2.03 bits per heavy atom. The lowest BCUT2D eigenvalue weighted by molar-refractivity contribution is -0.165. The summed E-state index contributed by atoms with van der Waals surface area (Å²) in [5.41, 5.74) is 3.90. The number of halogens is 3. The number of carbonyl (C=O) groups excluding carboxylic acids is 1. The van der Waals surface area contributed by atoms with Gasteiger partial charge in [-0.25, -0.2) is 25.6 Å². The van der Waals surface area contributed by atoms with Crippen LogP contribution in [0.25, 0.3) is 11.3 Å². The van der Waals surface area contributed by atoms with Crippen molar-refractivity contribution < 1.29 is 18.0 Å². The summed E-state index contributed by atoms with van der Waals surface area (Å²) in [6.45, 7) is 1.41. The van der Waals surface area contributed by atoms with Crippen molar-refractivity contribution in [3.8, 4) is 23.7 Å². The first-order valence-electron chi connectivity index (χ1n) is 11.4. The number of fused-ring (bicyclic) bond motifs is 4. The maximum absolute atomic E-state index is 13.6. The fraction of sp³-hybridized carbons (Fsp3) is 0.250. The third-order valence-electron chi connectivity index (χ3n) is 6.64. The number of carbonyl (C=O) groups is 1. The Kier molecular flexibility index (Phi) is 5.18. The second kappa shape index (κ2) is 8.32. The third kappa shape index (κ3) is 3.87. The third-order valence-corrected chi connectivity index (χ3v) is 6.64. The van der Waals surface area contributed by atoms with Crippen LogP contribution in [-0.4, -0.2) is 46.3 Å². The van der Waals surface area contributed by atoms with Crippen LogP contribution in [0.5, 0.6) is 0 Å². The van der Waals surface area contributed by atoms with Gasteiger partial charge in [0, 0.05) is 30.9 Å². The number of benzene rings is 1. The van der Waals surface area contributed by atoms with Gasteiger partial charge in [0.15, 0.2) is 5.82 Å². The normalized spacial score (nSPS) is 19.1. The van der Waals surface area contributed by atoms with Gasteiger partial charge in [0.25, 0.3) is 0 Å². The number of hydrogen-bond donors (Lipinski definition) is 4. The minimum atomic E-state index is -4.52. The van der Waals surface area contributed by atoms with Crippen LogP contribution in [0.2, 0.25) is 0 Å². The molecule has 13 heteroatoms. The molecule has 1 aromatic carbocycles. The highest BCUT2D eigenvalue weighted by Crippen LogP contribution is 2.44. The van der Waals surface area contributed by atoms with E-state index in [1.54, 1.807) is 23.1 Å². The average molecular weight is 507 g/mol. The monoisotopic (exact) mass is 507 g/mol. The molecule has 188 valence electrons. The predicted octanol–water partition coefficient (Wildman–Crippen LogP) is 2.99. The van der Waals surface area contributed by atoms with Gasteiger partial charge >= 0.3 is 12.2 Å². The molecule has 2 amide bonds. The van der Waals surface area contributed by atoms with Crippen LogP contribution in [0.3, 0.4) is 0 Å². The van der Waals surface area contributed by atoms with Crippen molar-refractivity contribution in [2.75, 3.05) is 33.5 Å². The predicted molar refractivity (Wildman–Crippen MR) is 130 cm³/mol. The number of alkyl halides is 3. The van der Waals surface area contributed by atoms with Gasteiger partial charge in [-0.3, -0.25) is 15.5 Å². The van der Waals surface area contributed by atoms with Crippen molar-refractivity contribution in [3.05, 3.63) is 54.2 Å². The Labute approximate surface area is 209 Å². The minimum absolute atomic E-state index is 0.0237. The Hall–Kier alpha value is -4.41. The van der Waals surface area contributed by atoms with Gasteiger partial charge in [-0.05, 0) is 36.2 Å². The van der Waals surface area contributed by atoms with E-state index in [0.29, 0.717) is 23.6 Å². The highest BCUT2D eigenvalue weighted by atomic mass is 19.4. The zero-order valence-corrected chi connectivity index (χ0v) is 19.2. The SMILES string of the molecule is C#CNc1nccc(NC(=O)N2c3nc(-c4cccc(C5(C(F)(F)F)NN5)c4)ccc3N3CC[C@H]2C3)n1. The summed E-state index contributed by atoms with van der Waals surface area (Å²) in [6.07, 6.45) is 2.92. The van der Waals surface area contributed by atoms with Crippen LogP contribution < -0.4 is 31.3 Å². The molecular formula is C24H20F3N9O. The molecule has 3 aliphatic rings. The number of urea groups is 1. The second-order valence-electron chi connectivity index (χ2n) is 8.84. The lowest BCUT2D eigenvalue weighted by Crippen LogP contribution is -2.48. The molecule has 0 saturated carbocycles. The van der Waals surface area contributed by atoms with E-state index in [4.69, 9.17) is 11.4 Å². The Balaban J connectivity index is 1.34. The first kappa shape index (κ1) is 23.0. The first-order valence-corrected chi connectivity index (χ1v) is 11.4. The van der Waals surface area contributed by atoms with Gasteiger partial charge in [-0.2, -0.15) is 18.2 Å². The molecule has 3 aromatic rings. The molecule has 10 nitrogen and oxygen atoms in total. The van der Waals surface area contributed by atoms with E-state index in [9.17, 15) is 18.0 Å². The highest BCUT2D eigenvalue weighted by Gasteiger charge is 2.65. The number of nitrogens with zero attached hydrogens (tertiary/aromatic N) is 5. The van der Waals surface area contributed by atoms with Crippen LogP contribution in [0.1, 0.15) is 12.0 Å². The van der Waals surface area contributed by atoms with Crippen molar-refractivity contribution in [1.82, 2.24) is 25.8 Å². The summed E-state index contributed by atoms with van der Waals surface area (Å²) in [7, 11) is 0. The smallest absolute Gasteiger partial charge is 0.366 e. The largest absolute Gasteiger partial charge is 0.426 e. The van der Waals surface area contributed by atoms with E-state index in [0.717, 1.165) is 18.7 Å². The molecule has 2 bridgehead atoms. The average Bonchev–Trinajstić information content (AvgIpc) is 3.61. The molecule has 2 fully saturated rings. The minimum Gasteiger partial charge on any atom is -0.366 e. The molecule has 4 N–H and O–H groups in total. The number of aromatic nitrogens is 3. The number of hydrazine groups is 1. The summed E-state index contributed by atoms with van der Waals surface area (Å²) >= 11 is 0. The van der Waals surface area contributed by atoms with Crippen molar-refractivity contribution >= 4 is 29.3 Å². The molecule has 5 heterocycles. The summed E-state index contributed by atoms with van der Waals surface area (Å²) in [5.74, 6) is 0.854. The van der Waals surface area contributed by atoms with Crippen molar-refractivity contribution in [3.63, 3.8) is 0 Å². The molecule has 3 aliphatic heterocycles. The molecule has 0 spiro atoms. The molecule has 6 rings (SSSR count). The molecule has 0 unspecified atom stereocenters. The van der Waals surface area contributed by atoms with Crippen molar-refractivity contribution in [2.45, 2.75) is 24.3 Å². The van der Waals surface area contributed by atoms with Crippen molar-refractivity contribution in [1.29, 1.82) is 0 Å². The summed E-state index contributed by atoms with van der Waals surface area (Å²) in [5, 5.41) is 5.31. The lowest BCUT2D eigenvalue weighted by Gasteiger charge is -2.35. The Bertz CT molecular complexity index is 1430. The van der Waals surface area contributed by atoms with E-state index in [-0.39, 0.29) is 23.4 Å². The van der Waals surface area contributed by atoms with Crippen LogP contribution >= 0.6 is 0 Å². The van der Waals surface area contributed by atoms with E-state index < -0.39 is 17.9 Å². The molecule has 37 heavy (non-hydrogen) atoms. The van der Waals surface area contributed by atoms with Gasteiger partial charge in [0.2, 0.25) is 11.6 Å². The quantitative estimate of drug-likeness (QED) is 0.241. The maximum atomic E-state index is 13.6. The van der Waals surface area contributed by atoms with Gasteiger partial charge in [0.1, 0.15) is 5.82 Å². The summed E-state index contributed by atoms with van der Waals surface area (Å²) in [6, 6.07) is 12.9. The molecule has 0 radical (unpaired) electrons. The number of rotatable bonds is 4. The lowest BCUT2D eigenvalue weighted by atomic mass is 9.99. The van der Waals surface area contributed by atoms with Gasteiger partial charge in [-0.1, -0.05) is 24.6 Å². The second-order valence-corrected chi connectivity index (χ2v) is 8.84. The zero-order valence-electron chi connectivity index (χ0n) is 19.2. The fourth-order valence-electron chi connectivity index (χ4n) is 4.78. The standard InChI is InChI=1S/C24H20F3N9O/c1-2-28-21-29-10-8-19(31-21)32-22(37)36-16-9-11-35(13-16)18-7-6-17(30-20(18)36)14-4-3-5-15(12-14)23(33-34-23)24(25,26)27/h1,3-8,10,12,16,33-34H,9,11,13H2,(H2,28,29,31,32,37)/t16-/m0/s1. The van der Waals surface area contributed by atoms with E-state index in [2.05, 4.69) is 42.4 Å². The number of pyridine rings is 1. The van der Waals surface area contributed by atoms with E-state index in [1.807, 2.05) is 6.07 Å². The number of anilines is 4. The number of nitrogens with one attached hydrogen (secondary N) is 4. The number of hydrogen-bond acceptors (Lipinski definition) is 8. The molecule has 1 atom stereocenters. The zero-order chi connectivity index (χ0) is 25.8. The van der Waals surface area contributed by atoms with Crippen LogP contribution in [-0.2, 0) is 5.66 Å². The van der Waals surface area contributed by atoms with Gasteiger partial charge in [-0.15, -0.1) is 0 Å². The van der Waals surface area contributed by atoms with E-state index in [1.165, 1.54) is 24.4 Å². The number of terminal acetylenes is 1. The maximum Gasteiger partial charge on any atom is 0.426 e. The highest BCUT2D eigenvalue weighted by molar-refractivity contribution is 6.04. The van der Waals surface area contributed by atoms with Crippen LogP contribution in [0.4, 0.5) is 41.2 Å². The topological polar surface area (TPSA) is 130 Å². The first-order chi connectivity index (χ1) is 17.8. The van der Waals surface area contributed by atoms with E-state index >= 15 is 0 Å². The van der Waals surface area contributed by atoms with Crippen molar-refractivity contribution in [2.24, 2.45) is 0 Å². The Morgan fingerprint density at radius 3 is 2.78 bits per heavy atom. The number of amides is 2. The summed E-state index contributed by atoms with van der Waals surface area (Å²) in [4.78, 5) is 30.1. The molecule has 2 saturated heterocycles. The van der Waals surface area contributed by atoms with Crippen LogP contribution in [0, 0.1) is 12.5 Å². The van der Waals surface area contributed by atoms with Gasteiger partial charge in [0.05, 0.1) is 17.4 Å². The Morgan fingerprint density at radius 1 is 1.19 bits per heavy atom. The molecular weight excluding hydrogens is 487 g/mol. The summed E-state index contributed by atoms with van der Waals surface area (Å²) < 4.78 is 40.8. The molecule has 0 aliphatic carbocycles. The van der Waals surface area contributed by atoms with Gasteiger partial charge < -0.3 is 4.90 Å². The fourth-order valence-corrected chi connectivity index (χ4v) is 4.78. The van der Waals surface area contributed by atoms with Crippen LogP contribution in [0.15, 0.2) is 48.7 Å².